The summed E-state index contributed by atoms with van der Waals surface area (Å²) in [6, 6.07) is 7.98. The van der Waals surface area contributed by atoms with E-state index in [1.54, 1.807) is 11.5 Å². The van der Waals surface area contributed by atoms with Crippen LogP contribution in [0.25, 0.3) is 22.3 Å². The van der Waals surface area contributed by atoms with Crippen molar-refractivity contribution in [2.75, 3.05) is 0 Å². The van der Waals surface area contributed by atoms with Crippen molar-refractivity contribution >= 4 is 16.7 Å². The van der Waals surface area contributed by atoms with Crippen LogP contribution in [0.5, 0.6) is 0 Å². The highest BCUT2D eigenvalue weighted by molar-refractivity contribution is 5.91. The Bertz CT molecular complexity index is 1380. The third-order valence-corrected chi connectivity index (χ3v) is 7.06. The fourth-order valence-electron chi connectivity index (χ4n) is 5.08. The molecule has 3 aromatic rings. The van der Waals surface area contributed by atoms with Crippen LogP contribution in [-0.4, -0.2) is 26.0 Å². The molecular weight excluding hydrogens is 416 g/mol. The average Bonchev–Trinajstić information content (AvgIpc) is 3.12. The monoisotopic (exact) mass is 446 g/mol. The Hall–Kier alpha value is -2.83. The number of rotatable bonds is 3. The molecule has 0 saturated heterocycles. The molecule has 2 aromatic heterocycles. The number of aryl methyl sites for hydroxylation is 1. The summed E-state index contributed by atoms with van der Waals surface area (Å²) in [6.45, 7) is 10.9. The van der Waals surface area contributed by atoms with Gasteiger partial charge in [0.15, 0.2) is 5.78 Å². The van der Waals surface area contributed by atoms with Gasteiger partial charge in [0.05, 0.1) is 35.7 Å². The Morgan fingerprint density at radius 2 is 1.94 bits per heavy atom. The third kappa shape index (κ3) is 3.35. The first-order chi connectivity index (χ1) is 15.5. The summed E-state index contributed by atoms with van der Waals surface area (Å²) >= 11 is 0. The second-order valence-electron chi connectivity index (χ2n) is 10.3. The lowest BCUT2D eigenvalue weighted by molar-refractivity contribution is -0.140. The Kier molecular flexibility index (Phi) is 4.89. The number of ketones is 1. The van der Waals surface area contributed by atoms with Crippen LogP contribution in [0, 0.1) is 6.92 Å². The molecule has 1 N–H and O–H groups in total. The van der Waals surface area contributed by atoms with E-state index in [9.17, 15) is 14.7 Å². The highest BCUT2D eigenvalue weighted by Crippen LogP contribution is 2.39. The summed E-state index contributed by atoms with van der Waals surface area (Å²) in [4.78, 5) is 30.9. The zero-order chi connectivity index (χ0) is 23.7. The van der Waals surface area contributed by atoms with Gasteiger partial charge in [-0.15, -0.1) is 0 Å². The topological polar surface area (TPSA) is 81.4 Å². The van der Waals surface area contributed by atoms with Crippen molar-refractivity contribution in [1.82, 2.24) is 9.55 Å². The molecule has 0 radical (unpaired) electrons. The van der Waals surface area contributed by atoms with Gasteiger partial charge < -0.3 is 14.4 Å². The van der Waals surface area contributed by atoms with Gasteiger partial charge in [-0.2, -0.15) is 0 Å². The molecule has 1 aromatic carbocycles. The number of ether oxygens (including phenoxy) is 1. The average molecular weight is 447 g/mol. The summed E-state index contributed by atoms with van der Waals surface area (Å²) in [5.41, 5.74) is 4.49. The molecule has 172 valence electrons. The van der Waals surface area contributed by atoms with Crippen LogP contribution in [0.3, 0.4) is 0 Å². The molecule has 1 aliphatic heterocycles. The van der Waals surface area contributed by atoms with E-state index in [4.69, 9.17) is 9.72 Å². The Labute approximate surface area is 193 Å². The highest BCUT2D eigenvalue weighted by Gasteiger charge is 2.43. The van der Waals surface area contributed by atoms with Crippen LogP contribution in [-0.2, 0) is 34.7 Å². The second-order valence-corrected chi connectivity index (χ2v) is 10.3. The molecule has 5 rings (SSSR count). The number of pyridine rings is 2. The van der Waals surface area contributed by atoms with Gasteiger partial charge in [0.2, 0.25) is 0 Å². The zero-order valence-electron chi connectivity index (χ0n) is 19.9. The number of hydrogen-bond acceptors (Lipinski definition) is 5. The fourth-order valence-corrected chi connectivity index (χ4v) is 5.08. The maximum absolute atomic E-state index is 13.4. The molecule has 0 unspecified atom stereocenters. The van der Waals surface area contributed by atoms with Gasteiger partial charge in [-0.3, -0.25) is 9.59 Å². The molecule has 0 saturated carbocycles. The molecule has 1 atom stereocenters. The van der Waals surface area contributed by atoms with E-state index in [0.29, 0.717) is 36.4 Å². The summed E-state index contributed by atoms with van der Waals surface area (Å²) in [7, 11) is 0. The van der Waals surface area contributed by atoms with E-state index in [-0.39, 0.29) is 29.8 Å². The molecule has 0 bridgehead atoms. The molecule has 1 aliphatic carbocycles. The summed E-state index contributed by atoms with van der Waals surface area (Å²) in [6.07, 6.45) is 0.808. The lowest BCUT2D eigenvalue weighted by Gasteiger charge is -2.32. The maximum atomic E-state index is 13.4. The van der Waals surface area contributed by atoms with Crippen LogP contribution in [0.4, 0.5) is 0 Å². The number of nitrogens with zero attached hydrogens (tertiary/aromatic N) is 2. The SMILES string of the molecule is CC[C@@]1(O)C(=O)CCc2c1cc1n(c2=O)Cc2cc3c(COC(C)(C)C)c(C)ccc3nc2-1. The molecule has 0 amide bonds. The molecular formula is C27H30N2O4. The molecule has 6 heteroatoms. The summed E-state index contributed by atoms with van der Waals surface area (Å²) in [5.74, 6) is -0.217. The minimum absolute atomic E-state index is 0.128. The standard InChI is InChI=1S/C27H30N2O4/c1-6-27(32)20-12-22-24-16(13-29(22)25(31)17(20)8-10-23(27)30)11-18-19(14-33-26(3,4)5)15(2)7-9-21(18)28-24/h7,9,11-12,32H,6,8,10,13-14H2,1-5H3/t27-/m0/s1. The molecule has 3 heterocycles. The van der Waals surface area contributed by atoms with Gasteiger partial charge in [0, 0.05) is 28.5 Å². The Morgan fingerprint density at radius 1 is 1.18 bits per heavy atom. The quantitative estimate of drug-likeness (QED) is 0.511. The van der Waals surface area contributed by atoms with E-state index in [0.717, 1.165) is 33.3 Å². The smallest absolute Gasteiger partial charge is 0.254 e. The number of benzene rings is 1. The molecule has 2 aliphatic rings. The van der Waals surface area contributed by atoms with E-state index in [2.05, 4.69) is 13.0 Å². The van der Waals surface area contributed by atoms with Crippen molar-refractivity contribution in [1.29, 1.82) is 0 Å². The zero-order valence-corrected chi connectivity index (χ0v) is 19.9. The van der Waals surface area contributed by atoms with Gasteiger partial charge >= 0.3 is 0 Å². The van der Waals surface area contributed by atoms with Crippen LogP contribution in [0.15, 0.2) is 29.1 Å². The lowest BCUT2D eigenvalue weighted by atomic mass is 9.77. The number of aliphatic hydroxyl groups is 1. The minimum atomic E-state index is -1.60. The lowest BCUT2D eigenvalue weighted by Crippen LogP contribution is -2.43. The van der Waals surface area contributed by atoms with Crippen LogP contribution < -0.4 is 5.56 Å². The maximum Gasteiger partial charge on any atom is 0.254 e. The normalized spacial score (nSPS) is 19.5. The van der Waals surface area contributed by atoms with Crippen molar-refractivity contribution in [3.8, 4) is 11.4 Å². The van der Waals surface area contributed by atoms with E-state index >= 15 is 0 Å². The fraction of sp³-hybridized carbons (Fsp3) is 0.444. The predicted molar refractivity (Wildman–Crippen MR) is 127 cm³/mol. The van der Waals surface area contributed by atoms with Crippen LogP contribution in [0.1, 0.15) is 68.4 Å². The second kappa shape index (κ2) is 7.34. The number of carbonyl (C=O) groups is 1. The Morgan fingerprint density at radius 3 is 2.64 bits per heavy atom. The van der Waals surface area contributed by atoms with E-state index < -0.39 is 5.60 Å². The van der Waals surface area contributed by atoms with Crippen molar-refractivity contribution < 1.29 is 14.6 Å². The number of hydrogen-bond donors (Lipinski definition) is 1. The number of Topliss-reactive ketones (excluding diaryl/α,β-unsaturated/α-hetero) is 1. The first-order valence-corrected chi connectivity index (χ1v) is 11.6. The first-order valence-electron chi connectivity index (χ1n) is 11.6. The number of carbonyl (C=O) groups excluding carboxylic acids is 1. The third-order valence-electron chi connectivity index (χ3n) is 7.06. The molecule has 0 spiro atoms. The van der Waals surface area contributed by atoms with Gasteiger partial charge in [-0.25, -0.2) is 4.98 Å². The molecule has 0 fully saturated rings. The first kappa shape index (κ1) is 22.0. The summed E-state index contributed by atoms with van der Waals surface area (Å²) < 4.78 is 7.81. The highest BCUT2D eigenvalue weighted by atomic mass is 16.5. The van der Waals surface area contributed by atoms with Crippen molar-refractivity contribution in [3.05, 3.63) is 62.4 Å². The van der Waals surface area contributed by atoms with Crippen molar-refractivity contribution in [2.24, 2.45) is 0 Å². The van der Waals surface area contributed by atoms with E-state index in [1.807, 2.05) is 39.0 Å². The van der Waals surface area contributed by atoms with Crippen molar-refractivity contribution in [2.45, 2.75) is 78.2 Å². The Balaban J connectivity index is 1.69. The van der Waals surface area contributed by atoms with Gasteiger partial charge in [0.1, 0.15) is 5.60 Å². The molecule has 33 heavy (non-hydrogen) atoms. The largest absolute Gasteiger partial charge is 0.377 e. The van der Waals surface area contributed by atoms with Crippen molar-refractivity contribution in [3.63, 3.8) is 0 Å². The van der Waals surface area contributed by atoms with Gasteiger partial charge in [-0.1, -0.05) is 13.0 Å². The van der Waals surface area contributed by atoms with E-state index in [1.165, 1.54) is 0 Å². The van der Waals surface area contributed by atoms with Gasteiger partial charge in [0.25, 0.3) is 5.56 Å². The minimum Gasteiger partial charge on any atom is -0.377 e. The van der Waals surface area contributed by atoms with Gasteiger partial charge in [-0.05, 0) is 69.9 Å². The molecule has 6 nitrogen and oxygen atoms in total. The summed E-state index contributed by atoms with van der Waals surface area (Å²) in [5, 5.41) is 12.2. The number of aromatic nitrogens is 2. The van der Waals surface area contributed by atoms with Crippen LogP contribution >= 0.6 is 0 Å². The predicted octanol–water partition coefficient (Wildman–Crippen LogP) is 4.16. The number of fused-ring (bicyclic) bond motifs is 5. The van der Waals surface area contributed by atoms with Crippen LogP contribution in [0.2, 0.25) is 0 Å².